The van der Waals surface area contributed by atoms with E-state index in [9.17, 15) is 4.79 Å². The van der Waals surface area contributed by atoms with Gasteiger partial charge < -0.3 is 15.5 Å². The van der Waals surface area contributed by atoms with Crippen molar-refractivity contribution in [3.63, 3.8) is 0 Å². The Labute approximate surface area is 143 Å². The van der Waals surface area contributed by atoms with E-state index in [1.54, 1.807) is 0 Å². The quantitative estimate of drug-likeness (QED) is 0.744. The smallest absolute Gasteiger partial charge is 0.224 e. The maximum Gasteiger partial charge on any atom is 0.224 e. The molecule has 21 heavy (non-hydrogen) atoms. The minimum absolute atomic E-state index is 0. The molecule has 0 aromatic heterocycles. The van der Waals surface area contributed by atoms with Crippen LogP contribution < -0.4 is 10.6 Å². The molecule has 0 bridgehead atoms. The van der Waals surface area contributed by atoms with E-state index in [2.05, 4.69) is 20.5 Å². The summed E-state index contributed by atoms with van der Waals surface area (Å²) in [6.07, 6.45) is 1.43. The predicted molar refractivity (Wildman–Crippen MR) is 97.2 cm³/mol. The molecule has 0 saturated carbocycles. The predicted octanol–water partition coefficient (Wildman–Crippen LogP) is 2.43. The molecule has 2 rings (SSSR count). The van der Waals surface area contributed by atoms with Gasteiger partial charge in [0.25, 0.3) is 0 Å². The second kappa shape index (κ2) is 8.86. The Balaban J connectivity index is 0.00000220. The molecule has 1 aliphatic heterocycles. The molecule has 1 aromatic rings. The standard InChI is InChI=1S/C15H22N4O.HI/c1-3-4-14(20)18-13-7-5-12(6-8-13)11-17-15-16-9-10-19(15)2;/h5-8H,3-4,9-11H2,1-2H3,(H,16,17)(H,18,20);1H. The van der Waals surface area contributed by atoms with Crippen molar-refractivity contribution in [2.45, 2.75) is 26.3 Å². The Hall–Kier alpha value is -1.31. The van der Waals surface area contributed by atoms with E-state index in [0.717, 1.165) is 37.7 Å². The van der Waals surface area contributed by atoms with Crippen LogP contribution in [0, 0.1) is 0 Å². The zero-order valence-corrected chi connectivity index (χ0v) is 14.9. The number of nitrogens with zero attached hydrogens (tertiary/aromatic N) is 2. The summed E-state index contributed by atoms with van der Waals surface area (Å²) in [7, 11) is 2.03. The minimum Gasteiger partial charge on any atom is -0.352 e. The van der Waals surface area contributed by atoms with Crippen molar-refractivity contribution < 1.29 is 4.79 Å². The Morgan fingerprint density at radius 2 is 2.05 bits per heavy atom. The first-order chi connectivity index (χ1) is 9.69. The van der Waals surface area contributed by atoms with Gasteiger partial charge in [0.05, 0.1) is 6.54 Å². The van der Waals surface area contributed by atoms with E-state index in [4.69, 9.17) is 0 Å². The summed E-state index contributed by atoms with van der Waals surface area (Å²) >= 11 is 0. The molecular formula is C15H23IN4O. The molecule has 0 radical (unpaired) electrons. The highest BCUT2D eigenvalue weighted by molar-refractivity contribution is 14.0. The largest absolute Gasteiger partial charge is 0.352 e. The summed E-state index contributed by atoms with van der Waals surface area (Å²) in [5, 5.41) is 6.20. The lowest BCUT2D eigenvalue weighted by molar-refractivity contribution is -0.116. The van der Waals surface area contributed by atoms with E-state index in [-0.39, 0.29) is 29.9 Å². The molecular weight excluding hydrogens is 379 g/mol. The second-order valence-corrected chi connectivity index (χ2v) is 4.98. The van der Waals surface area contributed by atoms with Crippen LogP contribution in [0.3, 0.4) is 0 Å². The zero-order chi connectivity index (χ0) is 14.4. The fraction of sp³-hybridized carbons (Fsp3) is 0.467. The molecule has 0 saturated heterocycles. The lowest BCUT2D eigenvalue weighted by Gasteiger charge is -2.15. The van der Waals surface area contributed by atoms with Gasteiger partial charge in [0.1, 0.15) is 0 Å². The molecule has 116 valence electrons. The monoisotopic (exact) mass is 402 g/mol. The molecule has 1 aliphatic rings. The number of guanidine groups is 1. The number of nitrogens with one attached hydrogen (secondary N) is 2. The molecule has 1 amide bonds. The van der Waals surface area contributed by atoms with E-state index >= 15 is 0 Å². The number of hydrogen-bond donors (Lipinski definition) is 2. The van der Waals surface area contributed by atoms with Gasteiger partial charge in [-0.25, -0.2) is 0 Å². The first-order valence-electron chi connectivity index (χ1n) is 7.07. The summed E-state index contributed by atoms with van der Waals surface area (Å²) in [5.74, 6) is 1.02. The van der Waals surface area contributed by atoms with Crippen LogP contribution in [0.25, 0.3) is 0 Å². The van der Waals surface area contributed by atoms with Crippen molar-refractivity contribution in [2.75, 3.05) is 25.5 Å². The number of aliphatic imine (C=N–C) groups is 1. The van der Waals surface area contributed by atoms with Crippen molar-refractivity contribution >= 4 is 41.5 Å². The fourth-order valence-corrected chi connectivity index (χ4v) is 2.06. The summed E-state index contributed by atoms with van der Waals surface area (Å²) < 4.78 is 0. The Morgan fingerprint density at radius 1 is 1.33 bits per heavy atom. The molecule has 0 aliphatic carbocycles. The SMILES string of the molecule is CCCC(=O)Nc1ccc(CNC2=NCCN2C)cc1.I. The third-order valence-corrected chi connectivity index (χ3v) is 3.22. The molecule has 0 fully saturated rings. The molecule has 0 spiro atoms. The third-order valence-electron chi connectivity index (χ3n) is 3.22. The van der Waals surface area contributed by atoms with Crippen LogP contribution in [-0.2, 0) is 11.3 Å². The molecule has 0 atom stereocenters. The van der Waals surface area contributed by atoms with Crippen molar-refractivity contribution in [1.29, 1.82) is 0 Å². The highest BCUT2D eigenvalue weighted by atomic mass is 127. The molecule has 0 unspecified atom stereocenters. The van der Waals surface area contributed by atoms with E-state index < -0.39 is 0 Å². The van der Waals surface area contributed by atoms with Crippen LogP contribution in [0.2, 0.25) is 0 Å². The Kier molecular flexibility index (Phi) is 7.49. The summed E-state index contributed by atoms with van der Waals surface area (Å²) in [4.78, 5) is 18.0. The lowest BCUT2D eigenvalue weighted by Crippen LogP contribution is -2.35. The molecule has 5 nitrogen and oxygen atoms in total. The van der Waals surface area contributed by atoms with Gasteiger partial charge in [-0.05, 0) is 24.1 Å². The first kappa shape index (κ1) is 17.7. The topological polar surface area (TPSA) is 56.7 Å². The molecule has 1 heterocycles. The maximum atomic E-state index is 11.5. The number of amides is 1. The average Bonchev–Trinajstić information content (AvgIpc) is 2.84. The number of halogens is 1. The lowest BCUT2D eigenvalue weighted by atomic mass is 10.2. The highest BCUT2D eigenvalue weighted by Gasteiger charge is 2.11. The number of benzene rings is 1. The van der Waals surface area contributed by atoms with Gasteiger partial charge >= 0.3 is 0 Å². The number of hydrogen-bond acceptors (Lipinski definition) is 4. The van der Waals surface area contributed by atoms with Crippen LogP contribution in [0.15, 0.2) is 29.3 Å². The Bertz CT molecular complexity index is 487. The minimum atomic E-state index is 0. The number of anilines is 1. The number of likely N-dealkylation sites (N-methyl/N-ethyl adjacent to an activating group) is 1. The molecule has 2 N–H and O–H groups in total. The average molecular weight is 402 g/mol. The summed E-state index contributed by atoms with van der Waals surface area (Å²) in [6, 6.07) is 7.91. The van der Waals surface area contributed by atoms with Gasteiger partial charge in [-0.1, -0.05) is 19.1 Å². The zero-order valence-electron chi connectivity index (χ0n) is 12.6. The number of rotatable bonds is 5. The van der Waals surface area contributed by atoms with Crippen molar-refractivity contribution in [2.24, 2.45) is 4.99 Å². The third kappa shape index (κ3) is 5.53. The van der Waals surface area contributed by atoms with Crippen LogP contribution in [0.1, 0.15) is 25.3 Å². The van der Waals surface area contributed by atoms with Crippen LogP contribution in [0.4, 0.5) is 5.69 Å². The van der Waals surface area contributed by atoms with Gasteiger partial charge in [-0.15, -0.1) is 24.0 Å². The Morgan fingerprint density at radius 3 is 2.62 bits per heavy atom. The molecule has 6 heteroatoms. The van der Waals surface area contributed by atoms with Gasteiger partial charge in [0.15, 0.2) is 5.96 Å². The van der Waals surface area contributed by atoms with E-state index in [0.29, 0.717) is 6.42 Å². The number of carbonyl (C=O) groups is 1. The van der Waals surface area contributed by atoms with Gasteiger partial charge in [-0.3, -0.25) is 9.79 Å². The van der Waals surface area contributed by atoms with E-state index in [1.165, 1.54) is 5.56 Å². The van der Waals surface area contributed by atoms with E-state index in [1.807, 2.05) is 38.2 Å². The van der Waals surface area contributed by atoms with Crippen molar-refractivity contribution in [3.05, 3.63) is 29.8 Å². The highest BCUT2D eigenvalue weighted by Crippen LogP contribution is 2.10. The maximum absolute atomic E-state index is 11.5. The fourth-order valence-electron chi connectivity index (χ4n) is 2.06. The first-order valence-corrected chi connectivity index (χ1v) is 7.07. The van der Waals surface area contributed by atoms with Gasteiger partial charge in [0.2, 0.25) is 5.91 Å². The van der Waals surface area contributed by atoms with Crippen molar-refractivity contribution in [1.82, 2.24) is 10.2 Å². The van der Waals surface area contributed by atoms with Gasteiger partial charge in [-0.2, -0.15) is 0 Å². The second-order valence-electron chi connectivity index (χ2n) is 4.98. The van der Waals surface area contributed by atoms with Crippen LogP contribution in [-0.4, -0.2) is 36.9 Å². The molecule has 1 aromatic carbocycles. The summed E-state index contributed by atoms with van der Waals surface area (Å²) in [6.45, 7) is 4.58. The van der Waals surface area contributed by atoms with Crippen LogP contribution in [0.5, 0.6) is 0 Å². The number of carbonyl (C=O) groups excluding carboxylic acids is 1. The normalized spacial score (nSPS) is 13.4. The van der Waals surface area contributed by atoms with Crippen molar-refractivity contribution in [3.8, 4) is 0 Å². The summed E-state index contributed by atoms with van der Waals surface area (Å²) in [5.41, 5.74) is 2.02. The van der Waals surface area contributed by atoms with Crippen LogP contribution >= 0.6 is 24.0 Å². The van der Waals surface area contributed by atoms with Gasteiger partial charge in [0, 0.05) is 32.2 Å².